The molecule has 5 rings (SSSR count). The van der Waals surface area contributed by atoms with E-state index in [1.165, 1.54) is 24.3 Å². The van der Waals surface area contributed by atoms with E-state index >= 15 is 0 Å². The number of benzene rings is 4. The second kappa shape index (κ2) is 9.85. The molecule has 4 aromatic rings. The second-order valence-electron chi connectivity index (χ2n) is 8.89. The predicted molar refractivity (Wildman–Crippen MR) is 169 cm³/mol. The van der Waals surface area contributed by atoms with E-state index in [0.717, 1.165) is 0 Å². The third-order valence-electron chi connectivity index (χ3n) is 6.16. The third-order valence-corrected chi connectivity index (χ3v) is 22.3. The molecule has 4 aromatic carbocycles. The first-order valence-electron chi connectivity index (χ1n) is 11.7. The number of nitrogens with one attached hydrogen (secondary N) is 2. The van der Waals surface area contributed by atoms with Crippen LogP contribution in [0, 0.1) is 0 Å². The van der Waals surface area contributed by atoms with Crippen LogP contribution in [0.5, 0.6) is 0 Å². The second-order valence-corrected chi connectivity index (χ2v) is 23.6. The van der Waals surface area contributed by atoms with Crippen LogP contribution < -0.4 is 19.1 Å². The maximum atomic E-state index is 11.4. The summed E-state index contributed by atoms with van der Waals surface area (Å²) in [5.74, 6) is -11.3. The number of hydrogen-bond acceptors (Lipinski definition) is 6. The van der Waals surface area contributed by atoms with Gasteiger partial charge in [0.25, 0.3) is 0 Å². The molecule has 0 aromatic heterocycles. The molecule has 8 nitrogen and oxygen atoms in total. The minimum atomic E-state index is -4.58. The molecule has 0 radical (unpaired) electrons. The quantitative estimate of drug-likeness (QED) is 0.139. The molecule has 0 spiro atoms. The fourth-order valence-corrected chi connectivity index (χ4v) is 28.9. The van der Waals surface area contributed by atoms with Gasteiger partial charge < -0.3 is 0 Å². The molecule has 208 valence electrons. The molecule has 1 fully saturated rings. The van der Waals surface area contributed by atoms with Crippen molar-refractivity contribution in [2.24, 2.45) is 0 Å². The van der Waals surface area contributed by atoms with Crippen molar-refractivity contribution in [3.05, 3.63) is 120 Å². The number of rotatable bonds is 8. The Bertz CT molecular complexity index is 1460. The Morgan fingerprint density at radius 1 is 0.525 bits per heavy atom. The van der Waals surface area contributed by atoms with Crippen LogP contribution in [0.4, 0.5) is 22.7 Å². The summed E-state index contributed by atoms with van der Waals surface area (Å²) >= 11 is 30.3. The topological polar surface area (TPSA) is 105 Å². The maximum absolute atomic E-state index is 11.4. The van der Waals surface area contributed by atoms with E-state index in [0.29, 0.717) is 22.7 Å². The van der Waals surface area contributed by atoms with Crippen molar-refractivity contribution in [2.45, 2.75) is 0 Å². The molecule has 14 heteroatoms. The van der Waals surface area contributed by atoms with Crippen LogP contribution in [0.3, 0.4) is 0 Å². The van der Waals surface area contributed by atoms with Crippen LogP contribution in [0.15, 0.2) is 109 Å². The molecule has 1 aliphatic rings. The molecule has 1 aliphatic heterocycles. The first-order valence-corrected chi connectivity index (χ1v) is 19.6. The molecule has 0 unspecified atom stereocenters. The van der Waals surface area contributed by atoms with Crippen LogP contribution in [-0.2, 0) is 0 Å². The monoisotopic (exact) mass is 656 g/mol. The number of aromatic carboxylic acids is 2. The van der Waals surface area contributed by atoms with Gasteiger partial charge in [0, 0.05) is 0 Å². The molecular weight excluding hydrogens is 636 g/mol. The minimum absolute atomic E-state index is 0.0905. The Balaban J connectivity index is 1.71. The Morgan fingerprint density at radius 2 is 0.825 bits per heavy atom. The molecule has 4 N–H and O–H groups in total. The van der Waals surface area contributed by atoms with Gasteiger partial charge in [0.15, 0.2) is 0 Å². The molecule has 40 heavy (non-hydrogen) atoms. The molecule has 0 amide bonds. The van der Waals surface area contributed by atoms with Gasteiger partial charge in [-0.25, -0.2) is 0 Å². The predicted octanol–water partition coefficient (Wildman–Crippen LogP) is 9.85. The van der Waals surface area contributed by atoms with Gasteiger partial charge in [-0.2, -0.15) is 0 Å². The summed E-state index contributed by atoms with van der Waals surface area (Å²) in [4.78, 5) is 22.8. The van der Waals surface area contributed by atoms with Crippen molar-refractivity contribution in [3.63, 3.8) is 0 Å². The first kappa shape index (κ1) is 28.6. The van der Waals surface area contributed by atoms with Crippen molar-refractivity contribution < 1.29 is 19.8 Å². The fraction of sp³-hybridized carbons (Fsp3) is 0. The molecule has 0 bridgehead atoms. The van der Waals surface area contributed by atoms with Gasteiger partial charge in [0.2, 0.25) is 0 Å². The molecule has 0 aliphatic carbocycles. The molecule has 1 saturated heterocycles. The van der Waals surface area contributed by atoms with Gasteiger partial charge >= 0.3 is 250 Å². The molecule has 1 heterocycles. The number of anilines is 4. The van der Waals surface area contributed by atoms with E-state index in [4.69, 9.17) is 45.0 Å². The zero-order valence-corrected chi connectivity index (χ0v) is 25.2. The molecular formula is C26H22Cl4N4O4P2. The summed E-state index contributed by atoms with van der Waals surface area (Å²) < 4.78 is 3.15. The summed E-state index contributed by atoms with van der Waals surface area (Å²) in [5.41, 5.74) is 2.09. The number of para-hydroxylation sites is 2. The van der Waals surface area contributed by atoms with Crippen LogP contribution >= 0.6 is 56.5 Å². The average Bonchev–Trinajstić information content (AvgIpc) is 2.89. The summed E-state index contributed by atoms with van der Waals surface area (Å²) in [6.07, 6.45) is 0. The summed E-state index contributed by atoms with van der Waals surface area (Å²) in [6, 6.07) is 29.8. The van der Waals surface area contributed by atoms with Crippen molar-refractivity contribution in [1.29, 1.82) is 0 Å². The van der Waals surface area contributed by atoms with E-state index in [1.807, 2.05) is 12.1 Å². The molecule has 0 saturated carbocycles. The van der Waals surface area contributed by atoms with E-state index in [-0.39, 0.29) is 11.1 Å². The van der Waals surface area contributed by atoms with E-state index in [2.05, 4.69) is 10.2 Å². The number of hydrogen-bond donors (Lipinski definition) is 4. The standard InChI is InChI=1S/C26H22Cl4N4O4P2/c27-39(28,31-21-15-11-19(12-16-21)25(35)36)33(23-7-3-1-4-8-23)40(29,30,34(39)24-9-5-2-6-10-24)32-22-17-13-20(14-18-22)26(37)38/h1-18,31-32H,(H,35,36)(H,37,38). The Labute approximate surface area is 249 Å². The van der Waals surface area contributed by atoms with Gasteiger partial charge in [0.05, 0.1) is 0 Å². The number of carboxylic acids is 2. The number of carbonyl (C=O) groups is 2. The van der Waals surface area contributed by atoms with Gasteiger partial charge in [-0.1, -0.05) is 0 Å². The summed E-state index contributed by atoms with van der Waals surface area (Å²) in [7, 11) is 0. The van der Waals surface area contributed by atoms with Crippen LogP contribution in [-0.4, -0.2) is 22.2 Å². The Morgan fingerprint density at radius 3 is 1.10 bits per heavy atom. The van der Waals surface area contributed by atoms with Crippen LogP contribution in [0.2, 0.25) is 0 Å². The summed E-state index contributed by atoms with van der Waals surface area (Å²) in [5, 5.41) is 25.2. The Kier molecular flexibility index (Phi) is 7.03. The number of halogens is 4. The number of carboxylic acid groups (broad SMARTS) is 2. The zero-order chi connectivity index (χ0) is 28.8. The summed E-state index contributed by atoms with van der Waals surface area (Å²) in [6.45, 7) is 0. The normalized spacial score (nSPS) is 19.9. The van der Waals surface area contributed by atoms with E-state index in [9.17, 15) is 19.8 Å². The third kappa shape index (κ3) is 4.69. The van der Waals surface area contributed by atoms with E-state index in [1.54, 1.807) is 81.7 Å². The van der Waals surface area contributed by atoms with Gasteiger partial charge in [-0.15, -0.1) is 0 Å². The first-order chi connectivity index (χ1) is 18.8. The van der Waals surface area contributed by atoms with Crippen LogP contribution in [0.25, 0.3) is 0 Å². The van der Waals surface area contributed by atoms with Gasteiger partial charge in [-0.3, -0.25) is 0 Å². The average molecular weight is 658 g/mol. The van der Waals surface area contributed by atoms with E-state index < -0.39 is 23.5 Å². The fourth-order valence-electron chi connectivity index (χ4n) is 4.55. The molecule has 0 atom stereocenters. The zero-order valence-electron chi connectivity index (χ0n) is 20.4. The van der Waals surface area contributed by atoms with Crippen LogP contribution in [0.1, 0.15) is 20.7 Å². The van der Waals surface area contributed by atoms with Crippen molar-refractivity contribution >= 4 is 91.2 Å². The van der Waals surface area contributed by atoms with Gasteiger partial charge in [-0.05, 0) is 0 Å². The van der Waals surface area contributed by atoms with Gasteiger partial charge in [0.1, 0.15) is 0 Å². The SMILES string of the molecule is O=C(O)c1ccc(NP2(Cl)(Cl)N(c3ccccc3)P(Cl)(Cl)(Nc3ccc(C(=O)O)cc3)N2c2ccccc2)cc1. The van der Waals surface area contributed by atoms with Crippen molar-refractivity contribution in [1.82, 2.24) is 0 Å². The number of nitrogens with zero attached hydrogens (tertiary/aromatic N) is 2. The van der Waals surface area contributed by atoms with Crippen molar-refractivity contribution in [2.75, 3.05) is 19.1 Å². The Hall–Kier alpha value is -2.96. The van der Waals surface area contributed by atoms with Crippen molar-refractivity contribution in [3.8, 4) is 0 Å².